The number of anilines is 2. The lowest BCUT2D eigenvalue weighted by molar-refractivity contribution is -0.123. The van der Waals surface area contributed by atoms with Crippen LogP contribution in [0, 0.1) is 29.6 Å². The molecule has 8 nitrogen and oxygen atoms in total. The van der Waals surface area contributed by atoms with E-state index in [2.05, 4.69) is 26.2 Å². The van der Waals surface area contributed by atoms with E-state index in [4.69, 9.17) is 16.3 Å². The quantitative estimate of drug-likeness (QED) is 0.171. The predicted octanol–water partition coefficient (Wildman–Crippen LogP) is 7.70. The number of thioether (sulfide) groups is 1. The predicted molar refractivity (Wildman–Crippen MR) is 195 cm³/mol. The Morgan fingerprint density at radius 2 is 1.69 bits per heavy atom. The molecular weight excluding hydrogens is 746 g/mol. The number of halogens is 2. The minimum absolute atomic E-state index is 0.0129. The fraction of sp³-hybridized carbons (Fsp3) is 0.243. The number of amides is 3. The lowest BCUT2D eigenvalue weighted by atomic mass is 9.68. The zero-order valence-corrected chi connectivity index (χ0v) is 29.6. The maximum Gasteiger partial charge on any atom is 0.305 e. The fourth-order valence-electron chi connectivity index (χ4n) is 8.71. The van der Waals surface area contributed by atoms with E-state index in [0.29, 0.717) is 22.1 Å². The van der Waals surface area contributed by atoms with Gasteiger partial charge in [0.1, 0.15) is 5.75 Å². The average Bonchev–Trinajstić information content (AvgIpc) is 3.83. The van der Waals surface area contributed by atoms with Crippen molar-refractivity contribution in [2.75, 3.05) is 16.8 Å². The number of aromatic nitrogens is 1. The Bertz CT molecular complexity index is 2260. The van der Waals surface area contributed by atoms with Gasteiger partial charge in [-0.05, 0) is 89.5 Å². The summed E-state index contributed by atoms with van der Waals surface area (Å²) in [6.45, 7) is -0.215. The van der Waals surface area contributed by atoms with Gasteiger partial charge in [-0.2, -0.15) is 0 Å². The van der Waals surface area contributed by atoms with Gasteiger partial charge in [0.05, 0.1) is 22.5 Å². The van der Waals surface area contributed by atoms with Gasteiger partial charge < -0.3 is 15.0 Å². The first-order valence-electron chi connectivity index (χ1n) is 16.0. The Morgan fingerprint density at radius 1 is 0.939 bits per heavy atom. The first-order chi connectivity index (χ1) is 23.7. The Labute approximate surface area is 302 Å². The monoisotopic (exact) mass is 771 g/mol. The van der Waals surface area contributed by atoms with Crippen LogP contribution in [-0.2, 0) is 14.4 Å². The molecule has 4 aromatic carbocycles. The maximum atomic E-state index is 14.1. The molecule has 2 aliphatic carbocycles. The Kier molecular flexibility index (Phi) is 7.53. The number of rotatable bonds is 6. The van der Waals surface area contributed by atoms with Gasteiger partial charge in [0.15, 0.2) is 6.61 Å². The summed E-state index contributed by atoms with van der Waals surface area (Å²) in [6, 6.07) is 26.2. The molecule has 1 saturated heterocycles. The number of aromatic amines is 1. The molecule has 2 bridgehead atoms. The maximum absolute atomic E-state index is 14.1. The second-order valence-electron chi connectivity index (χ2n) is 13.0. The third-order valence-corrected chi connectivity index (χ3v) is 13.8. The number of fused-ring (bicyclic) bond motifs is 10. The summed E-state index contributed by atoms with van der Waals surface area (Å²) in [5.41, 5.74) is 2.06. The number of thiazole rings is 1. The molecule has 7 atom stereocenters. The average molecular weight is 773 g/mol. The van der Waals surface area contributed by atoms with Crippen molar-refractivity contribution in [1.82, 2.24) is 4.98 Å². The molecule has 1 aromatic heterocycles. The SMILES string of the molecule is O=C(COc1ccc(Br)cc1[C@@H]1c2sc(=O)[nH]c2S[C@@H]2[C@@H]3C[C@@H]([C@@H]4C(=O)N(c5ccc(Cl)cc5)C(=O)[C@@H]34)[C@H]12)Nc1ccc2ccccc2c1. The summed E-state index contributed by atoms with van der Waals surface area (Å²) in [6.07, 6.45) is 0.762. The van der Waals surface area contributed by atoms with E-state index in [-0.39, 0.29) is 58.1 Å². The largest absolute Gasteiger partial charge is 0.483 e. The van der Waals surface area contributed by atoms with Crippen molar-refractivity contribution >= 4 is 90.5 Å². The number of benzene rings is 4. The van der Waals surface area contributed by atoms with E-state index in [1.54, 1.807) is 36.0 Å². The molecule has 2 aliphatic heterocycles. The van der Waals surface area contributed by atoms with Crippen LogP contribution in [0.2, 0.25) is 5.02 Å². The van der Waals surface area contributed by atoms with Gasteiger partial charge in [-0.15, -0.1) is 11.8 Å². The molecule has 9 rings (SSSR count). The highest BCUT2D eigenvalue weighted by molar-refractivity contribution is 9.10. The lowest BCUT2D eigenvalue weighted by Gasteiger charge is -2.43. The molecule has 0 spiro atoms. The summed E-state index contributed by atoms with van der Waals surface area (Å²) < 4.78 is 7.09. The van der Waals surface area contributed by atoms with Crippen molar-refractivity contribution in [3.8, 4) is 5.75 Å². The summed E-state index contributed by atoms with van der Waals surface area (Å²) in [5.74, 6) is -1.34. The van der Waals surface area contributed by atoms with Crippen LogP contribution >= 0.6 is 50.6 Å². The summed E-state index contributed by atoms with van der Waals surface area (Å²) >= 11 is 12.6. The molecule has 3 amide bonds. The number of hydrogen-bond acceptors (Lipinski definition) is 7. The Hall–Kier alpha value is -3.90. The van der Waals surface area contributed by atoms with Crippen molar-refractivity contribution in [2.24, 2.45) is 29.6 Å². The molecule has 2 saturated carbocycles. The van der Waals surface area contributed by atoms with E-state index in [1.165, 1.54) is 16.2 Å². The number of nitrogens with zero attached hydrogens (tertiary/aromatic N) is 1. The minimum atomic E-state index is -0.445. The standard InChI is InChI=1S/C37H27BrClN3O5S2/c38-19-6-12-26(47-16-27(43)40-21-9-5-17-3-1-2-4-18(17)13-21)23(14-19)28-29-24-15-25(32(29)48-34-33(28)49-37(46)41-34)31-30(24)35(44)42(36(31)45)22-10-7-20(39)8-11-22/h1-14,24-25,28-32H,15-16H2,(H,40,43)(H,41,46)/t24-,25-,28+,29-,30+,31+,32-/m1/s1. The molecule has 246 valence electrons. The summed E-state index contributed by atoms with van der Waals surface area (Å²) in [5, 5.41) is 6.40. The van der Waals surface area contributed by atoms with Gasteiger partial charge in [0.25, 0.3) is 5.91 Å². The van der Waals surface area contributed by atoms with Gasteiger partial charge >= 0.3 is 4.87 Å². The van der Waals surface area contributed by atoms with Crippen molar-refractivity contribution < 1.29 is 19.1 Å². The van der Waals surface area contributed by atoms with Crippen molar-refractivity contribution in [3.63, 3.8) is 0 Å². The van der Waals surface area contributed by atoms with Gasteiger partial charge in [-0.3, -0.25) is 24.1 Å². The third kappa shape index (κ3) is 5.08. The van der Waals surface area contributed by atoms with Gasteiger partial charge in [0.2, 0.25) is 11.8 Å². The normalized spacial score (nSPS) is 26.5. The minimum Gasteiger partial charge on any atom is -0.483 e. The van der Waals surface area contributed by atoms with Crippen molar-refractivity contribution in [3.05, 3.63) is 115 Å². The zero-order valence-electron chi connectivity index (χ0n) is 25.6. The number of nitrogens with one attached hydrogen (secondary N) is 2. The molecule has 5 aromatic rings. The van der Waals surface area contributed by atoms with E-state index in [0.717, 1.165) is 37.1 Å². The van der Waals surface area contributed by atoms with Crippen LogP contribution in [-0.4, -0.2) is 34.6 Å². The Balaban J connectivity index is 1.04. The third-order valence-electron chi connectivity index (χ3n) is 10.5. The number of carbonyl (C=O) groups excluding carboxylic acids is 3. The van der Waals surface area contributed by atoms with Gasteiger partial charge in [-0.1, -0.05) is 69.2 Å². The zero-order chi connectivity index (χ0) is 33.6. The highest BCUT2D eigenvalue weighted by Gasteiger charge is 2.69. The van der Waals surface area contributed by atoms with Crippen molar-refractivity contribution in [1.29, 1.82) is 0 Å². The van der Waals surface area contributed by atoms with E-state index < -0.39 is 11.8 Å². The number of imide groups is 1. The number of ether oxygens (including phenoxy) is 1. The number of hydrogen-bond donors (Lipinski definition) is 2. The second-order valence-corrected chi connectivity index (χ2v) is 16.6. The van der Waals surface area contributed by atoms with Gasteiger partial charge in [0, 0.05) is 36.8 Å². The van der Waals surface area contributed by atoms with Crippen LogP contribution in [0.15, 0.2) is 99.2 Å². The van der Waals surface area contributed by atoms with E-state index in [1.807, 2.05) is 60.7 Å². The first-order valence-corrected chi connectivity index (χ1v) is 18.9. The molecule has 4 aliphatic rings. The molecule has 0 radical (unpaired) electrons. The van der Waals surface area contributed by atoms with E-state index in [9.17, 15) is 19.2 Å². The second kappa shape index (κ2) is 11.9. The number of carbonyl (C=O) groups is 3. The summed E-state index contributed by atoms with van der Waals surface area (Å²) in [4.78, 5) is 59.1. The Morgan fingerprint density at radius 3 is 2.49 bits per heavy atom. The molecular formula is C37H27BrClN3O5S2. The lowest BCUT2D eigenvalue weighted by Crippen LogP contribution is -2.42. The highest BCUT2D eigenvalue weighted by atomic mass is 79.9. The summed E-state index contributed by atoms with van der Waals surface area (Å²) in [7, 11) is 0. The van der Waals surface area contributed by atoms with Crippen LogP contribution in [0.4, 0.5) is 11.4 Å². The molecule has 49 heavy (non-hydrogen) atoms. The van der Waals surface area contributed by atoms with Crippen LogP contribution in [0.1, 0.15) is 22.8 Å². The smallest absolute Gasteiger partial charge is 0.305 e. The van der Waals surface area contributed by atoms with E-state index >= 15 is 0 Å². The topological polar surface area (TPSA) is 109 Å². The van der Waals surface area contributed by atoms with Crippen molar-refractivity contribution in [2.45, 2.75) is 22.6 Å². The molecule has 3 heterocycles. The van der Waals surface area contributed by atoms with Crippen LogP contribution in [0.5, 0.6) is 5.75 Å². The molecule has 2 N–H and O–H groups in total. The highest BCUT2D eigenvalue weighted by Crippen LogP contribution is 2.69. The molecule has 12 heteroatoms. The number of H-pyrrole nitrogens is 1. The molecule has 0 unspecified atom stereocenters. The van der Waals surface area contributed by atoms with Gasteiger partial charge in [-0.25, -0.2) is 0 Å². The van der Waals surface area contributed by atoms with Crippen LogP contribution in [0.25, 0.3) is 10.8 Å². The molecule has 3 fully saturated rings. The van der Waals surface area contributed by atoms with Crippen LogP contribution < -0.4 is 19.8 Å². The first kappa shape index (κ1) is 31.1. The van der Waals surface area contributed by atoms with Crippen LogP contribution in [0.3, 0.4) is 0 Å². The fourth-order valence-corrected chi connectivity index (χ4v) is 12.1.